The third-order valence-corrected chi connectivity index (χ3v) is 4.13. The molecular weight excluding hydrogens is 352 g/mol. The van der Waals surface area contributed by atoms with Gasteiger partial charge in [0.1, 0.15) is 17.0 Å². The van der Waals surface area contributed by atoms with Gasteiger partial charge in [0.15, 0.2) is 5.70 Å². The highest BCUT2D eigenvalue weighted by atomic mass is 35.5. The molecule has 0 spiro atoms. The van der Waals surface area contributed by atoms with Gasteiger partial charge in [0, 0.05) is 10.6 Å². The largest absolute Gasteiger partial charge is 0.402 e. The highest BCUT2D eigenvalue weighted by molar-refractivity contribution is 6.30. The Morgan fingerprint density at radius 3 is 2.65 bits per heavy atom. The van der Waals surface area contributed by atoms with Crippen LogP contribution in [0.1, 0.15) is 16.9 Å². The highest BCUT2D eigenvalue weighted by Crippen LogP contribution is 2.29. The quantitative estimate of drug-likeness (QED) is 0.501. The van der Waals surface area contributed by atoms with Gasteiger partial charge in [-0.1, -0.05) is 59.2 Å². The van der Waals surface area contributed by atoms with E-state index in [4.69, 9.17) is 20.9 Å². The van der Waals surface area contributed by atoms with E-state index in [-0.39, 0.29) is 11.6 Å². The number of carbonyl (C=O) groups excluding carboxylic acids is 1. The molecule has 2 aromatic carbocycles. The second kappa shape index (κ2) is 6.61. The van der Waals surface area contributed by atoms with E-state index < -0.39 is 5.97 Å². The fraction of sp³-hybridized carbons (Fsp3) is 0.0500. The van der Waals surface area contributed by atoms with E-state index in [2.05, 4.69) is 10.1 Å². The lowest BCUT2D eigenvalue weighted by molar-refractivity contribution is -0.129. The average molecular weight is 365 g/mol. The number of ether oxygens (including phenoxy) is 1. The molecule has 1 aliphatic rings. The van der Waals surface area contributed by atoms with Crippen LogP contribution < -0.4 is 0 Å². The Hall–Kier alpha value is -3.18. The van der Waals surface area contributed by atoms with Crippen LogP contribution in [0.25, 0.3) is 17.3 Å². The highest BCUT2D eigenvalue weighted by Gasteiger charge is 2.30. The summed E-state index contributed by atoms with van der Waals surface area (Å²) in [6.45, 7) is 1.75. The van der Waals surface area contributed by atoms with Gasteiger partial charge < -0.3 is 9.26 Å². The number of aliphatic imine (C=N–C) groups is 1. The number of aromatic nitrogens is 1. The molecule has 3 aromatic rings. The topological polar surface area (TPSA) is 64.7 Å². The lowest BCUT2D eigenvalue weighted by atomic mass is 10.1. The Labute approximate surface area is 154 Å². The summed E-state index contributed by atoms with van der Waals surface area (Å²) in [7, 11) is 0. The maximum Gasteiger partial charge on any atom is 0.363 e. The third-order valence-electron chi connectivity index (χ3n) is 3.90. The smallest absolute Gasteiger partial charge is 0.363 e. The fourth-order valence-corrected chi connectivity index (χ4v) is 2.89. The van der Waals surface area contributed by atoms with E-state index in [0.717, 1.165) is 11.1 Å². The Balaban J connectivity index is 1.76. The van der Waals surface area contributed by atoms with Crippen LogP contribution in [0, 0.1) is 6.92 Å². The average Bonchev–Trinajstić information content (AvgIpc) is 3.18. The number of carbonyl (C=O) groups is 1. The molecule has 0 bridgehead atoms. The molecule has 0 fully saturated rings. The first-order valence-electron chi connectivity index (χ1n) is 7.92. The van der Waals surface area contributed by atoms with E-state index in [1.54, 1.807) is 31.2 Å². The SMILES string of the molecule is Cc1onc(-c2ccccc2)c1C1=NC(=Cc2cccc(Cl)c2)C(=O)O1. The first-order valence-corrected chi connectivity index (χ1v) is 8.30. The van der Waals surface area contributed by atoms with Crippen LogP contribution in [0.5, 0.6) is 0 Å². The Bertz CT molecular complexity index is 1050. The standard InChI is InChI=1S/C20H13ClN2O3/c1-12-17(18(23-26-12)14-7-3-2-4-8-14)19-22-16(20(24)25-19)11-13-6-5-9-15(21)10-13/h2-11H,1H3. The number of rotatable bonds is 3. The van der Waals surface area contributed by atoms with Gasteiger partial charge in [-0.2, -0.15) is 0 Å². The molecule has 0 radical (unpaired) electrons. The number of hydrogen-bond donors (Lipinski definition) is 0. The maximum absolute atomic E-state index is 12.2. The summed E-state index contributed by atoms with van der Waals surface area (Å²) in [5.41, 5.74) is 2.96. The van der Waals surface area contributed by atoms with Crippen molar-refractivity contribution in [1.29, 1.82) is 0 Å². The molecule has 1 aliphatic heterocycles. The summed E-state index contributed by atoms with van der Waals surface area (Å²) in [6, 6.07) is 16.7. The van der Waals surface area contributed by atoms with Gasteiger partial charge in [-0.25, -0.2) is 9.79 Å². The molecule has 128 valence electrons. The molecule has 0 amide bonds. The Morgan fingerprint density at radius 2 is 1.88 bits per heavy atom. The summed E-state index contributed by atoms with van der Waals surface area (Å²) >= 11 is 5.98. The molecule has 6 heteroatoms. The summed E-state index contributed by atoms with van der Waals surface area (Å²) in [6.07, 6.45) is 1.63. The van der Waals surface area contributed by atoms with Gasteiger partial charge in [0.2, 0.25) is 5.90 Å². The lowest BCUT2D eigenvalue weighted by Crippen LogP contribution is -2.07. The van der Waals surface area contributed by atoms with Crippen LogP contribution in [0.2, 0.25) is 5.02 Å². The molecule has 5 nitrogen and oxygen atoms in total. The van der Waals surface area contributed by atoms with Crippen molar-refractivity contribution in [3.8, 4) is 11.3 Å². The number of benzene rings is 2. The van der Waals surface area contributed by atoms with Crippen molar-refractivity contribution in [3.63, 3.8) is 0 Å². The van der Waals surface area contributed by atoms with Gasteiger partial charge in [0.05, 0.1) is 0 Å². The number of nitrogens with zero attached hydrogens (tertiary/aromatic N) is 2. The minimum absolute atomic E-state index is 0.181. The number of esters is 1. The van der Waals surface area contributed by atoms with E-state index in [9.17, 15) is 4.79 Å². The molecule has 4 rings (SSSR count). The molecular formula is C20H13ClN2O3. The molecule has 26 heavy (non-hydrogen) atoms. The predicted molar refractivity (Wildman–Crippen MR) is 98.7 cm³/mol. The number of aryl methyl sites for hydroxylation is 1. The molecule has 0 atom stereocenters. The molecule has 0 unspecified atom stereocenters. The predicted octanol–water partition coefficient (Wildman–Crippen LogP) is 4.65. The lowest BCUT2D eigenvalue weighted by Gasteiger charge is -2.01. The normalized spacial score (nSPS) is 15.2. The van der Waals surface area contributed by atoms with E-state index >= 15 is 0 Å². The van der Waals surface area contributed by atoms with Crippen molar-refractivity contribution in [2.24, 2.45) is 4.99 Å². The molecule has 2 heterocycles. The van der Waals surface area contributed by atoms with Gasteiger partial charge >= 0.3 is 5.97 Å². The van der Waals surface area contributed by atoms with Crippen LogP contribution in [-0.4, -0.2) is 17.0 Å². The molecule has 0 aliphatic carbocycles. The summed E-state index contributed by atoms with van der Waals surface area (Å²) < 4.78 is 10.7. The first-order chi connectivity index (χ1) is 12.6. The van der Waals surface area contributed by atoms with E-state index in [0.29, 0.717) is 22.0 Å². The van der Waals surface area contributed by atoms with Crippen molar-refractivity contribution in [2.75, 3.05) is 0 Å². The number of hydrogen-bond acceptors (Lipinski definition) is 5. The maximum atomic E-state index is 12.2. The molecule has 0 saturated heterocycles. The summed E-state index contributed by atoms with van der Waals surface area (Å²) in [5, 5.41) is 4.67. The van der Waals surface area contributed by atoms with Crippen molar-refractivity contribution >= 4 is 29.5 Å². The molecule has 1 aromatic heterocycles. The van der Waals surface area contributed by atoms with Crippen LogP contribution in [-0.2, 0) is 9.53 Å². The first kappa shape index (κ1) is 16.3. The van der Waals surface area contributed by atoms with Gasteiger partial charge in [0.25, 0.3) is 0 Å². The summed E-state index contributed by atoms with van der Waals surface area (Å²) in [5.74, 6) is 0.180. The van der Waals surface area contributed by atoms with Gasteiger partial charge in [-0.05, 0) is 30.7 Å². The number of halogens is 1. The second-order valence-electron chi connectivity index (χ2n) is 5.72. The van der Waals surface area contributed by atoms with E-state index in [1.165, 1.54) is 0 Å². The zero-order valence-corrected chi connectivity index (χ0v) is 14.5. The van der Waals surface area contributed by atoms with Crippen molar-refractivity contribution in [3.05, 3.63) is 82.2 Å². The Morgan fingerprint density at radius 1 is 1.08 bits per heavy atom. The zero-order chi connectivity index (χ0) is 18.1. The van der Waals surface area contributed by atoms with Crippen molar-refractivity contribution < 1.29 is 14.1 Å². The van der Waals surface area contributed by atoms with Crippen LogP contribution in [0.15, 0.2) is 69.8 Å². The van der Waals surface area contributed by atoms with Crippen LogP contribution in [0.3, 0.4) is 0 Å². The van der Waals surface area contributed by atoms with Crippen LogP contribution in [0.4, 0.5) is 0 Å². The minimum Gasteiger partial charge on any atom is -0.402 e. The van der Waals surface area contributed by atoms with Crippen molar-refractivity contribution in [1.82, 2.24) is 5.16 Å². The zero-order valence-electron chi connectivity index (χ0n) is 13.8. The Kier molecular flexibility index (Phi) is 4.14. The minimum atomic E-state index is -0.528. The van der Waals surface area contributed by atoms with Gasteiger partial charge in [-0.3, -0.25) is 0 Å². The van der Waals surface area contributed by atoms with Crippen LogP contribution >= 0.6 is 11.6 Å². The fourth-order valence-electron chi connectivity index (χ4n) is 2.69. The number of cyclic esters (lactones) is 1. The van der Waals surface area contributed by atoms with E-state index in [1.807, 2.05) is 36.4 Å². The molecule has 0 saturated carbocycles. The summed E-state index contributed by atoms with van der Waals surface area (Å²) in [4.78, 5) is 16.6. The van der Waals surface area contributed by atoms with Gasteiger partial charge in [-0.15, -0.1) is 0 Å². The molecule has 0 N–H and O–H groups in total. The third kappa shape index (κ3) is 3.05. The monoisotopic (exact) mass is 364 g/mol. The second-order valence-corrected chi connectivity index (χ2v) is 6.16. The van der Waals surface area contributed by atoms with Crippen molar-refractivity contribution in [2.45, 2.75) is 6.92 Å².